The first-order chi connectivity index (χ1) is 8.75. The maximum atomic E-state index is 10.9. The molecule has 0 unspecified atom stereocenters. The van der Waals surface area contributed by atoms with Gasteiger partial charge in [-0.15, -0.1) is 10.2 Å². The molecule has 0 aliphatic rings. The number of rotatable bonds is 2. The van der Waals surface area contributed by atoms with Crippen LogP contribution in [0.25, 0.3) is 17.0 Å². The minimum Gasteiger partial charge on any atom is -0.476 e. The first-order valence-electron chi connectivity index (χ1n) is 5.12. The molecule has 3 aromatic rings. The van der Waals surface area contributed by atoms with E-state index in [0.29, 0.717) is 11.5 Å². The summed E-state index contributed by atoms with van der Waals surface area (Å²) in [7, 11) is 0. The van der Waals surface area contributed by atoms with E-state index >= 15 is 0 Å². The van der Waals surface area contributed by atoms with Gasteiger partial charge in [-0.05, 0) is 24.3 Å². The van der Waals surface area contributed by atoms with Gasteiger partial charge in [0.1, 0.15) is 0 Å². The molecule has 7 heteroatoms. The molecule has 0 atom stereocenters. The van der Waals surface area contributed by atoms with E-state index in [-0.39, 0.29) is 5.69 Å². The van der Waals surface area contributed by atoms with Gasteiger partial charge in [-0.2, -0.15) is 9.61 Å². The standard InChI is InChI=1S/C11H7N5O2/c17-11(18)8-3-4-9-13-14-10(16(9)15-8)7-2-1-5-12-6-7/h1-6H,(H,17,18). The zero-order valence-electron chi connectivity index (χ0n) is 9.06. The van der Waals surface area contributed by atoms with E-state index in [9.17, 15) is 4.79 Å². The van der Waals surface area contributed by atoms with Gasteiger partial charge in [0.15, 0.2) is 17.2 Å². The molecule has 0 aliphatic heterocycles. The summed E-state index contributed by atoms with van der Waals surface area (Å²) in [5.74, 6) is -0.635. The predicted octanol–water partition coefficient (Wildman–Crippen LogP) is 0.884. The summed E-state index contributed by atoms with van der Waals surface area (Å²) >= 11 is 0. The number of nitrogens with zero attached hydrogens (tertiary/aromatic N) is 5. The van der Waals surface area contributed by atoms with Crippen molar-refractivity contribution >= 4 is 11.6 Å². The van der Waals surface area contributed by atoms with Crippen molar-refractivity contribution in [1.29, 1.82) is 0 Å². The number of fused-ring (bicyclic) bond motifs is 1. The Morgan fingerprint density at radius 1 is 1.22 bits per heavy atom. The molecule has 0 radical (unpaired) electrons. The van der Waals surface area contributed by atoms with E-state index in [1.165, 1.54) is 10.6 Å². The zero-order chi connectivity index (χ0) is 12.5. The Hall–Kier alpha value is -2.83. The van der Waals surface area contributed by atoms with E-state index < -0.39 is 5.97 Å². The van der Waals surface area contributed by atoms with Gasteiger partial charge in [0.25, 0.3) is 0 Å². The number of aromatic nitrogens is 5. The third-order valence-electron chi connectivity index (χ3n) is 2.40. The monoisotopic (exact) mass is 241 g/mol. The third-order valence-corrected chi connectivity index (χ3v) is 2.40. The van der Waals surface area contributed by atoms with Crippen LogP contribution in [-0.2, 0) is 0 Å². The highest BCUT2D eigenvalue weighted by Gasteiger charge is 2.12. The fourth-order valence-corrected chi connectivity index (χ4v) is 1.58. The van der Waals surface area contributed by atoms with Gasteiger partial charge >= 0.3 is 5.97 Å². The molecule has 3 heterocycles. The van der Waals surface area contributed by atoms with Crippen molar-refractivity contribution in [2.45, 2.75) is 0 Å². The van der Waals surface area contributed by atoms with Crippen LogP contribution in [0.1, 0.15) is 10.5 Å². The van der Waals surface area contributed by atoms with Crippen molar-refractivity contribution in [2.75, 3.05) is 0 Å². The normalized spacial score (nSPS) is 10.7. The molecular weight excluding hydrogens is 234 g/mol. The number of carboxylic acid groups (broad SMARTS) is 1. The fraction of sp³-hybridized carbons (Fsp3) is 0. The summed E-state index contributed by atoms with van der Waals surface area (Å²) in [6.45, 7) is 0. The van der Waals surface area contributed by atoms with Crippen LogP contribution in [0.2, 0.25) is 0 Å². The lowest BCUT2D eigenvalue weighted by Gasteiger charge is -1.99. The Labute approximate surface area is 101 Å². The lowest BCUT2D eigenvalue weighted by Crippen LogP contribution is -2.05. The first-order valence-corrected chi connectivity index (χ1v) is 5.12. The molecule has 0 fully saturated rings. The molecule has 0 amide bonds. The summed E-state index contributed by atoms with van der Waals surface area (Å²) in [4.78, 5) is 14.9. The Bertz CT molecular complexity index is 723. The number of hydrogen-bond donors (Lipinski definition) is 1. The Morgan fingerprint density at radius 2 is 2.11 bits per heavy atom. The van der Waals surface area contributed by atoms with Crippen LogP contribution in [0, 0.1) is 0 Å². The third kappa shape index (κ3) is 1.58. The second-order valence-electron chi connectivity index (χ2n) is 3.56. The number of aromatic carboxylic acids is 1. The Balaban J connectivity index is 2.24. The minimum atomic E-state index is -1.09. The molecule has 3 rings (SSSR count). The molecule has 0 bridgehead atoms. The molecule has 18 heavy (non-hydrogen) atoms. The van der Waals surface area contributed by atoms with Gasteiger partial charge in [0, 0.05) is 18.0 Å². The zero-order valence-corrected chi connectivity index (χ0v) is 9.06. The lowest BCUT2D eigenvalue weighted by molar-refractivity contribution is 0.0689. The molecule has 1 N–H and O–H groups in total. The Morgan fingerprint density at radius 3 is 2.83 bits per heavy atom. The maximum Gasteiger partial charge on any atom is 0.356 e. The van der Waals surface area contributed by atoms with Gasteiger partial charge in [-0.25, -0.2) is 4.79 Å². The number of hydrogen-bond acceptors (Lipinski definition) is 5. The first kappa shape index (κ1) is 10.3. The van der Waals surface area contributed by atoms with Crippen LogP contribution in [-0.4, -0.2) is 35.9 Å². The highest BCUT2D eigenvalue weighted by Crippen LogP contribution is 2.15. The lowest BCUT2D eigenvalue weighted by atomic mass is 10.3. The Kier molecular flexibility index (Phi) is 2.23. The van der Waals surface area contributed by atoms with Crippen LogP contribution in [0.5, 0.6) is 0 Å². The topological polar surface area (TPSA) is 93.3 Å². The van der Waals surface area contributed by atoms with Crippen LogP contribution >= 0.6 is 0 Å². The second kappa shape index (κ2) is 3.88. The van der Waals surface area contributed by atoms with E-state index in [4.69, 9.17) is 5.11 Å². The van der Waals surface area contributed by atoms with Crippen molar-refractivity contribution in [2.24, 2.45) is 0 Å². The molecule has 88 valence electrons. The van der Waals surface area contributed by atoms with Crippen LogP contribution in [0.3, 0.4) is 0 Å². The summed E-state index contributed by atoms with van der Waals surface area (Å²) in [6.07, 6.45) is 3.26. The number of pyridine rings is 1. The van der Waals surface area contributed by atoms with E-state index in [0.717, 1.165) is 5.56 Å². The van der Waals surface area contributed by atoms with E-state index in [1.807, 2.05) is 0 Å². The average molecular weight is 241 g/mol. The van der Waals surface area contributed by atoms with Crippen LogP contribution in [0.4, 0.5) is 0 Å². The molecule has 0 aromatic carbocycles. The van der Waals surface area contributed by atoms with Gasteiger partial charge in [-0.1, -0.05) is 0 Å². The predicted molar refractivity (Wildman–Crippen MR) is 61.0 cm³/mol. The van der Waals surface area contributed by atoms with Crippen LogP contribution < -0.4 is 0 Å². The van der Waals surface area contributed by atoms with Crippen molar-refractivity contribution in [1.82, 2.24) is 24.8 Å². The molecule has 7 nitrogen and oxygen atoms in total. The average Bonchev–Trinajstić information content (AvgIpc) is 2.82. The van der Waals surface area contributed by atoms with E-state index in [1.54, 1.807) is 30.6 Å². The molecule has 0 saturated carbocycles. The fourth-order valence-electron chi connectivity index (χ4n) is 1.58. The van der Waals surface area contributed by atoms with Crippen molar-refractivity contribution < 1.29 is 9.90 Å². The van der Waals surface area contributed by atoms with Crippen molar-refractivity contribution in [3.05, 3.63) is 42.4 Å². The summed E-state index contributed by atoms with van der Waals surface area (Å²) in [6, 6.07) is 6.51. The quantitative estimate of drug-likeness (QED) is 0.716. The molecule has 3 aromatic heterocycles. The highest BCUT2D eigenvalue weighted by molar-refractivity contribution is 5.85. The molecule has 0 aliphatic carbocycles. The van der Waals surface area contributed by atoms with Crippen LogP contribution in [0.15, 0.2) is 36.7 Å². The summed E-state index contributed by atoms with van der Waals surface area (Å²) in [5, 5.41) is 20.8. The number of carbonyl (C=O) groups is 1. The summed E-state index contributed by atoms with van der Waals surface area (Å²) in [5.41, 5.74) is 1.14. The van der Waals surface area contributed by atoms with Crippen molar-refractivity contribution in [3.8, 4) is 11.4 Å². The number of carboxylic acids is 1. The maximum absolute atomic E-state index is 10.9. The highest BCUT2D eigenvalue weighted by atomic mass is 16.4. The SMILES string of the molecule is O=C(O)c1ccc2nnc(-c3cccnc3)n2n1. The molecule has 0 spiro atoms. The molecular formula is C11H7N5O2. The molecule has 0 saturated heterocycles. The van der Waals surface area contributed by atoms with Gasteiger partial charge < -0.3 is 5.11 Å². The summed E-state index contributed by atoms with van der Waals surface area (Å²) < 4.78 is 1.39. The van der Waals surface area contributed by atoms with E-state index in [2.05, 4.69) is 20.3 Å². The van der Waals surface area contributed by atoms with Crippen molar-refractivity contribution in [3.63, 3.8) is 0 Å². The van der Waals surface area contributed by atoms with Gasteiger partial charge in [-0.3, -0.25) is 4.98 Å². The smallest absolute Gasteiger partial charge is 0.356 e. The minimum absolute atomic E-state index is 0.0626. The largest absolute Gasteiger partial charge is 0.476 e. The van der Waals surface area contributed by atoms with Gasteiger partial charge in [0.2, 0.25) is 0 Å². The second-order valence-corrected chi connectivity index (χ2v) is 3.56. The van der Waals surface area contributed by atoms with Gasteiger partial charge in [0.05, 0.1) is 0 Å².